The molecule has 3 heterocycles. The fourth-order valence-corrected chi connectivity index (χ4v) is 4.70. The molecule has 2 aliphatic rings. The van der Waals surface area contributed by atoms with E-state index >= 15 is 0 Å². The van der Waals surface area contributed by atoms with Gasteiger partial charge in [-0.1, -0.05) is 0 Å². The van der Waals surface area contributed by atoms with Gasteiger partial charge < -0.3 is 14.2 Å². The number of aromatic nitrogens is 2. The number of sulfonamides is 1. The second-order valence-electron chi connectivity index (χ2n) is 6.56. The monoisotopic (exact) mass is 391 g/mol. The van der Waals surface area contributed by atoms with Crippen LogP contribution in [0.4, 0.5) is 0 Å². The molecule has 1 fully saturated rings. The largest absolute Gasteiger partial charge is 0.486 e. The molecule has 9 heteroatoms. The molecule has 8 nitrogen and oxygen atoms in total. The summed E-state index contributed by atoms with van der Waals surface area (Å²) >= 11 is 0. The number of benzene rings is 1. The van der Waals surface area contributed by atoms with Crippen LogP contribution in [0.5, 0.6) is 17.4 Å². The van der Waals surface area contributed by atoms with Gasteiger partial charge in [0.2, 0.25) is 15.9 Å². The third kappa shape index (κ3) is 3.84. The molecule has 1 saturated heterocycles. The maximum atomic E-state index is 13.1. The lowest BCUT2D eigenvalue weighted by atomic mass is 10.1. The minimum absolute atomic E-state index is 0.197. The number of ether oxygens (including phenoxy) is 3. The molecular formula is C18H21N3O5S. The molecule has 0 unspecified atom stereocenters. The second kappa shape index (κ2) is 7.32. The van der Waals surface area contributed by atoms with E-state index in [0.29, 0.717) is 43.6 Å². The maximum Gasteiger partial charge on any atom is 0.243 e. The number of hydrogen-bond donors (Lipinski definition) is 0. The van der Waals surface area contributed by atoms with Crippen LogP contribution in [-0.2, 0) is 10.0 Å². The lowest BCUT2D eigenvalue weighted by Gasteiger charge is -2.32. The van der Waals surface area contributed by atoms with E-state index in [2.05, 4.69) is 10.2 Å². The molecule has 0 bridgehead atoms. The van der Waals surface area contributed by atoms with Crippen LogP contribution in [0, 0.1) is 6.92 Å². The Labute approximate surface area is 158 Å². The third-order valence-corrected chi connectivity index (χ3v) is 6.41. The first-order chi connectivity index (χ1) is 13.0. The van der Waals surface area contributed by atoms with Crippen LogP contribution in [0.1, 0.15) is 18.5 Å². The predicted octanol–water partition coefficient (Wildman–Crippen LogP) is 1.79. The maximum absolute atomic E-state index is 13.1. The van der Waals surface area contributed by atoms with Crippen molar-refractivity contribution in [3.05, 3.63) is 36.0 Å². The molecule has 0 N–H and O–H groups in total. The van der Waals surface area contributed by atoms with Gasteiger partial charge in [-0.25, -0.2) is 8.42 Å². The zero-order valence-electron chi connectivity index (χ0n) is 15.0. The van der Waals surface area contributed by atoms with Crippen molar-refractivity contribution in [2.45, 2.75) is 30.8 Å². The van der Waals surface area contributed by atoms with Crippen molar-refractivity contribution in [3.8, 4) is 17.4 Å². The fourth-order valence-electron chi connectivity index (χ4n) is 3.17. The Hall–Kier alpha value is -2.39. The molecule has 1 aromatic heterocycles. The summed E-state index contributed by atoms with van der Waals surface area (Å²) in [5.74, 6) is 1.43. The van der Waals surface area contributed by atoms with Crippen LogP contribution >= 0.6 is 0 Å². The Kier molecular flexibility index (Phi) is 4.88. The minimum Gasteiger partial charge on any atom is -0.486 e. The molecule has 0 radical (unpaired) electrons. The number of nitrogens with zero attached hydrogens (tertiary/aromatic N) is 3. The summed E-state index contributed by atoms with van der Waals surface area (Å²) in [6.07, 6.45) is 1.22. The highest BCUT2D eigenvalue weighted by Gasteiger charge is 2.32. The molecule has 2 aliphatic heterocycles. The van der Waals surface area contributed by atoms with Crippen molar-refractivity contribution < 1.29 is 22.6 Å². The average molecular weight is 391 g/mol. The summed E-state index contributed by atoms with van der Waals surface area (Å²) in [5.41, 5.74) is 0.800. The van der Waals surface area contributed by atoms with Gasteiger partial charge in [-0.2, -0.15) is 9.40 Å². The average Bonchev–Trinajstić information content (AvgIpc) is 2.69. The first-order valence-corrected chi connectivity index (χ1v) is 10.3. The summed E-state index contributed by atoms with van der Waals surface area (Å²) < 4.78 is 44.4. The van der Waals surface area contributed by atoms with Gasteiger partial charge in [-0.15, -0.1) is 5.10 Å². The van der Waals surface area contributed by atoms with Gasteiger partial charge in [0.15, 0.2) is 11.5 Å². The Morgan fingerprint density at radius 2 is 1.93 bits per heavy atom. The van der Waals surface area contributed by atoms with Gasteiger partial charge in [0, 0.05) is 18.7 Å². The van der Waals surface area contributed by atoms with Crippen molar-refractivity contribution >= 4 is 10.0 Å². The number of rotatable bonds is 4. The van der Waals surface area contributed by atoms with E-state index in [9.17, 15) is 8.42 Å². The number of hydrogen-bond acceptors (Lipinski definition) is 7. The molecule has 27 heavy (non-hydrogen) atoms. The standard InChI is InChI=1S/C18H21N3O5S/c1-13-4-7-18(20-19-13)26-14-3-2-8-21(12-14)27(22,23)15-5-6-16-17(11-15)25-10-9-24-16/h4-7,11,14H,2-3,8-10,12H2,1H3/t14-/m0/s1. The molecule has 0 spiro atoms. The molecule has 2 aromatic rings. The predicted molar refractivity (Wildman–Crippen MR) is 96.6 cm³/mol. The first-order valence-electron chi connectivity index (χ1n) is 8.89. The van der Waals surface area contributed by atoms with Crippen molar-refractivity contribution in [3.63, 3.8) is 0 Å². The summed E-state index contributed by atoms with van der Waals surface area (Å²) in [7, 11) is -3.65. The second-order valence-corrected chi connectivity index (χ2v) is 8.50. The zero-order valence-corrected chi connectivity index (χ0v) is 15.8. The van der Waals surface area contributed by atoms with Gasteiger partial charge in [-0.3, -0.25) is 0 Å². The van der Waals surface area contributed by atoms with E-state index in [0.717, 1.165) is 12.1 Å². The molecule has 4 rings (SSSR count). The highest BCUT2D eigenvalue weighted by Crippen LogP contribution is 2.33. The van der Waals surface area contributed by atoms with Crippen LogP contribution < -0.4 is 14.2 Å². The van der Waals surface area contributed by atoms with E-state index in [1.54, 1.807) is 18.2 Å². The molecule has 1 aromatic carbocycles. The van der Waals surface area contributed by atoms with E-state index in [-0.39, 0.29) is 17.5 Å². The Morgan fingerprint density at radius 3 is 2.70 bits per heavy atom. The van der Waals surface area contributed by atoms with Crippen molar-refractivity contribution in [1.29, 1.82) is 0 Å². The third-order valence-electron chi connectivity index (χ3n) is 4.55. The smallest absolute Gasteiger partial charge is 0.243 e. The van der Waals surface area contributed by atoms with Gasteiger partial charge in [0.05, 0.1) is 17.1 Å². The lowest BCUT2D eigenvalue weighted by Crippen LogP contribution is -2.44. The van der Waals surface area contributed by atoms with E-state index in [1.165, 1.54) is 10.4 Å². The summed E-state index contributed by atoms with van der Waals surface area (Å²) in [6.45, 7) is 3.45. The summed E-state index contributed by atoms with van der Waals surface area (Å²) in [5, 5.41) is 7.96. The van der Waals surface area contributed by atoms with Crippen LogP contribution in [0.25, 0.3) is 0 Å². The number of piperidine rings is 1. The highest BCUT2D eigenvalue weighted by atomic mass is 32.2. The SMILES string of the molecule is Cc1ccc(O[C@H]2CCCN(S(=O)(=O)c3ccc4c(c3)OCCO4)C2)nn1. The minimum atomic E-state index is -3.65. The van der Waals surface area contributed by atoms with Crippen molar-refractivity contribution in [1.82, 2.24) is 14.5 Å². The molecular weight excluding hydrogens is 370 g/mol. The molecule has 0 saturated carbocycles. The highest BCUT2D eigenvalue weighted by molar-refractivity contribution is 7.89. The quantitative estimate of drug-likeness (QED) is 0.785. The molecule has 0 amide bonds. The summed E-state index contributed by atoms with van der Waals surface area (Å²) in [4.78, 5) is 0.197. The van der Waals surface area contributed by atoms with Crippen LogP contribution in [-0.4, -0.2) is 55.3 Å². The van der Waals surface area contributed by atoms with Crippen LogP contribution in [0.3, 0.4) is 0 Å². The number of aryl methyl sites for hydroxylation is 1. The van der Waals surface area contributed by atoms with Gasteiger partial charge >= 0.3 is 0 Å². The summed E-state index contributed by atoms with van der Waals surface area (Å²) in [6, 6.07) is 8.28. The Balaban J connectivity index is 1.50. The van der Waals surface area contributed by atoms with Gasteiger partial charge in [-0.05, 0) is 38.0 Å². The lowest BCUT2D eigenvalue weighted by molar-refractivity contribution is 0.123. The van der Waals surface area contributed by atoms with Crippen LogP contribution in [0.2, 0.25) is 0 Å². The fraction of sp³-hybridized carbons (Fsp3) is 0.444. The van der Waals surface area contributed by atoms with Gasteiger partial charge in [0.25, 0.3) is 0 Å². The first kappa shape index (κ1) is 18.0. The topological polar surface area (TPSA) is 90.9 Å². The van der Waals surface area contributed by atoms with Crippen molar-refractivity contribution in [2.24, 2.45) is 0 Å². The van der Waals surface area contributed by atoms with Gasteiger partial charge in [0.1, 0.15) is 19.3 Å². The number of fused-ring (bicyclic) bond motifs is 1. The molecule has 1 atom stereocenters. The normalized spacial score (nSPS) is 20.3. The zero-order chi connectivity index (χ0) is 18.9. The Morgan fingerprint density at radius 1 is 1.11 bits per heavy atom. The van der Waals surface area contributed by atoms with E-state index < -0.39 is 10.0 Å². The van der Waals surface area contributed by atoms with Crippen molar-refractivity contribution in [2.75, 3.05) is 26.3 Å². The van der Waals surface area contributed by atoms with Crippen LogP contribution in [0.15, 0.2) is 35.2 Å². The molecule has 144 valence electrons. The van der Waals surface area contributed by atoms with E-state index in [4.69, 9.17) is 14.2 Å². The van der Waals surface area contributed by atoms with E-state index in [1.807, 2.05) is 13.0 Å². The Bertz CT molecular complexity index is 917. The molecule has 0 aliphatic carbocycles.